The summed E-state index contributed by atoms with van der Waals surface area (Å²) in [5, 5.41) is -1.30. The molecule has 3 aliphatic rings. The standard InChI is InChI=1S/C13H25OS.C10H16O4S/c1-13(2,3)15(4)10-12(14)11-8-6-5-7-9-11;1-9(2)6-4-5-10(9,3)8(11)7(6)15(12,13)14/h11H,5-10H2,1-4H3;6-7H,4-5H2,1-3H3,(H,12,13,14)/q+1;/p-1. The number of ketones is 2. The van der Waals surface area contributed by atoms with Gasteiger partial charge in [0.05, 0.1) is 6.26 Å². The van der Waals surface area contributed by atoms with Gasteiger partial charge in [-0.2, -0.15) is 0 Å². The Morgan fingerprint density at radius 3 is 2.00 bits per heavy atom. The summed E-state index contributed by atoms with van der Waals surface area (Å²) >= 11 is 0. The molecule has 0 radical (unpaired) electrons. The lowest BCUT2D eigenvalue weighted by atomic mass is 9.70. The van der Waals surface area contributed by atoms with Crippen LogP contribution in [-0.4, -0.2) is 46.5 Å². The molecule has 2 bridgehead atoms. The van der Waals surface area contributed by atoms with Crippen molar-refractivity contribution in [2.24, 2.45) is 22.7 Å². The minimum atomic E-state index is -4.49. The number of hydrogen-bond acceptors (Lipinski definition) is 5. The number of hydrogen-bond donors (Lipinski definition) is 0. The van der Waals surface area contributed by atoms with E-state index in [2.05, 4.69) is 27.0 Å². The summed E-state index contributed by atoms with van der Waals surface area (Å²) in [4.78, 5) is 24.0. The number of fused-ring (bicyclic) bond motifs is 2. The van der Waals surface area contributed by atoms with Crippen LogP contribution in [-0.2, 0) is 30.6 Å². The quantitative estimate of drug-likeness (QED) is 0.465. The SMILES string of the molecule is CC12CCC(C(S(=O)(=O)[O-])C1=O)C2(C)C.C[S+](CC(=O)C1CCCCC1)C(C)(C)C. The highest BCUT2D eigenvalue weighted by molar-refractivity contribution is 7.98. The largest absolute Gasteiger partial charge is 0.747 e. The molecule has 0 spiro atoms. The first-order valence-corrected chi connectivity index (χ1v) is 14.4. The molecule has 0 aromatic heterocycles. The van der Waals surface area contributed by atoms with Crippen molar-refractivity contribution in [1.29, 1.82) is 0 Å². The third-order valence-electron chi connectivity index (χ3n) is 8.25. The minimum Gasteiger partial charge on any atom is -0.747 e. The van der Waals surface area contributed by atoms with Gasteiger partial charge in [-0.05, 0) is 68.7 Å². The lowest BCUT2D eigenvalue weighted by molar-refractivity contribution is -0.128. The van der Waals surface area contributed by atoms with Crippen molar-refractivity contribution < 1.29 is 22.6 Å². The van der Waals surface area contributed by atoms with E-state index in [-0.39, 0.29) is 28.0 Å². The molecular formula is C23H40O5S2. The van der Waals surface area contributed by atoms with Gasteiger partial charge in [-0.3, -0.25) is 9.59 Å². The second-order valence-corrected chi connectivity index (χ2v) is 15.5. The second-order valence-electron chi connectivity index (χ2n) is 11.2. The van der Waals surface area contributed by atoms with Gasteiger partial charge < -0.3 is 4.55 Å². The summed E-state index contributed by atoms with van der Waals surface area (Å²) in [6.07, 6.45) is 9.78. The zero-order valence-corrected chi connectivity index (χ0v) is 21.4. The molecule has 5 nitrogen and oxygen atoms in total. The highest BCUT2D eigenvalue weighted by atomic mass is 32.2. The summed E-state index contributed by atoms with van der Waals surface area (Å²) < 4.78 is 33.6. The predicted octanol–water partition coefficient (Wildman–Crippen LogP) is 4.11. The summed E-state index contributed by atoms with van der Waals surface area (Å²) in [5.41, 5.74) is -0.994. The van der Waals surface area contributed by atoms with Crippen molar-refractivity contribution in [1.82, 2.24) is 0 Å². The van der Waals surface area contributed by atoms with Crippen LogP contribution >= 0.6 is 0 Å². The summed E-state index contributed by atoms with van der Waals surface area (Å²) in [6.45, 7) is 12.3. The summed E-state index contributed by atoms with van der Waals surface area (Å²) in [7, 11) is -4.26. The third-order valence-corrected chi connectivity index (χ3v) is 12.2. The Hall–Kier alpha value is -0.400. The molecule has 7 heteroatoms. The van der Waals surface area contributed by atoms with Crippen molar-refractivity contribution >= 4 is 32.6 Å². The van der Waals surface area contributed by atoms with E-state index in [1.807, 2.05) is 13.8 Å². The van der Waals surface area contributed by atoms with Crippen LogP contribution in [0.15, 0.2) is 0 Å². The van der Waals surface area contributed by atoms with Gasteiger partial charge in [0.2, 0.25) is 0 Å². The van der Waals surface area contributed by atoms with E-state index >= 15 is 0 Å². The van der Waals surface area contributed by atoms with Crippen LogP contribution < -0.4 is 0 Å². The van der Waals surface area contributed by atoms with Crippen LogP contribution in [0.25, 0.3) is 0 Å². The molecule has 0 aromatic carbocycles. The summed E-state index contributed by atoms with van der Waals surface area (Å²) in [6, 6.07) is 0. The molecule has 30 heavy (non-hydrogen) atoms. The first-order chi connectivity index (χ1) is 13.5. The first-order valence-electron chi connectivity index (χ1n) is 11.2. The van der Waals surface area contributed by atoms with Gasteiger partial charge >= 0.3 is 0 Å². The van der Waals surface area contributed by atoms with E-state index in [1.54, 1.807) is 6.92 Å². The first kappa shape index (κ1) is 25.9. The number of rotatable bonds is 4. The maximum atomic E-state index is 12.1. The van der Waals surface area contributed by atoms with E-state index in [1.165, 1.54) is 19.3 Å². The lowest BCUT2D eigenvalue weighted by Gasteiger charge is -2.32. The van der Waals surface area contributed by atoms with Crippen LogP contribution in [0.5, 0.6) is 0 Å². The fraction of sp³-hybridized carbons (Fsp3) is 0.913. The molecule has 174 valence electrons. The smallest absolute Gasteiger partial charge is 0.184 e. The Labute approximate surface area is 186 Å². The maximum Gasteiger partial charge on any atom is 0.184 e. The van der Waals surface area contributed by atoms with E-state index in [9.17, 15) is 22.6 Å². The molecule has 0 N–H and O–H groups in total. The van der Waals surface area contributed by atoms with Crippen molar-refractivity contribution in [3.8, 4) is 0 Å². The van der Waals surface area contributed by atoms with Crippen molar-refractivity contribution in [3.63, 3.8) is 0 Å². The molecule has 0 saturated heterocycles. The van der Waals surface area contributed by atoms with Crippen LogP contribution in [0.4, 0.5) is 0 Å². The van der Waals surface area contributed by atoms with Gasteiger partial charge in [-0.15, -0.1) is 0 Å². The van der Waals surface area contributed by atoms with Crippen LogP contribution in [0.2, 0.25) is 0 Å². The molecule has 4 atom stereocenters. The Kier molecular flexibility index (Phi) is 7.63. The monoisotopic (exact) mass is 460 g/mol. The molecule has 0 heterocycles. The van der Waals surface area contributed by atoms with Gasteiger partial charge in [0.25, 0.3) is 0 Å². The zero-order chi connectivity index (χ0) is 23.1. The lowest BCUT2D eigenvalue weighted by Crippen LogP contribution is -2.38. The average molecular weight is 461 g/mol. The average Bonchev–Trinajstić information content (AvgIpc) is 2.93. The number of carbonyl (C=O) groups is 2. The Bertz CT molecular complexity index is 759. The number of Topliss-reactive ketones (excluding diaryl/α,β-unsaturated/α-hetero) is 2. The highest BCUT2D eigenvalue weighted by Gasteiger charge is 2.67. The topological polar surface area (TPSA) is 91.3 Å². The zero-order valence-electron chi connectivity index (χ0n) is 19.7. The van der Waals surface area contributed by atoms with E-state index in [0.29, 0.717) is 29.3 Å². The molecule has 0 aromatic rings. The van der Waals surface area contributed by atoms with E-state index in [4.69, 9.17) is 0 Å². The van der Waals surface area contributed by atoms with Crippen molar-refractivity contribution in [2.75, 3.05) is 12.0 Å². The number of carbonyl (C=O) groups excluding carboxylic acids is 2. The predicted molar refractivity (Wildman–Crippen MR) is 123 cm³/mol. The third kappa shape index (κ3) is 4.98. The van der Waals surface area contributed by atoms with Crippen molar-refractivity contribution in [3.05, 3.63) is 0 Å². The molecule has 0 aliphatic heterocycles. The van der Waals surface area contributed by atoms with E-state index in [0.717, 1.165) is 18.6 Å². The molecule has 4 unspecified atom stereocenters. The molecule has 0 amide bonds. The summed E-state index contributed by atoms with van der Waals surface area (Å²) in [5.74, 6) is 1.09. The maximum absolute atomic E-state index is 12.1. The fourth-order valence-corrected chi connectivity index (χ4v) is 7.80. The molecule has 3 rings (SSSR count). The van der Waals surface area contributed by atoms with E-state index < -0.39 is 20.8 Å². The van der Waals surface area contributed by atoms with Crippen LogP contribution in [0.1, 0.15) is 86.5 Å². The second kappa shape index (κ2) is 8.86. The molecule has 3 aliphatic carbocycles. The molecule has 3 fully saturated rings. The normalized spacial score (nSPS) is 32.5. The van der Waals surface area contributed by atoms with Crippen LogP contribution in [0.3, 0.4) is 0 Å². The Morgan fingerprint density at radius 2 is 1.63 bits per heavy atom. The molecule has 3 saturated carbocycles. The van der Waals surface area contributed by atoms with Crippen molar-refractivity contribution in [2.45, 2.75) is 96.5 Å². The highest BCUT2D eigenvalue weighted by Crippen LogP contribution is 2.64. The Balaban J connectivity index is 0.000000214. The minimum absolute atomic E-state index is 0.231. The molecular weight excluding hydrogens is 420 g/mol. The fourth-order valence-electron chi connectivity index (χ4n) is 5.31. The van der Waals surface area contributed by atoms with Crippen LogP contribution in [0, 0.1) is 22.7 Å². The van der Waals surface area contributed by atoms with Gasteiger partial charge in [0.15, 0.2) is 17.3 Å². The van der Waals surface area contributed by atoms with Gasteiger partial charge in [0, 0.05) is 11.3 Å². The van der Waals surface area contributed by atoms with Gasteiger partial charge in [-0.25, -0.2) is 8.42 Å². The Morgan fingerprint density at radius 1 is 1.10 bits per heavy atom. The van der Waals surface area contributed by atoms with Gasteiger partial charge in [-0.1, -0.05) is 40.0 Å². The van der Waals surface area contributed by atoms with Gasteiger partial charge in [0.1, 0.15) is 20.1 Å².